The molecule has 2 aromatic carbocycles. The third kappa shape index (κ3) is 5.34. The van der Waals surface area contributed by atoms with E-state index in [1.807, 2.05) is 24.3 Å². The molecular weight excluding hydrogens is 473 g/mol. The Balaban J connectivity index is 1.53. The fraction of sp³-hybridized carbons (Fsp3) is 0.227. The average molecular weight is 492 g/mol. The summed E-state index contributed by atoms with van der Waals surface area (Å²) >= 11 is 1.07. The number of fused-ring (bicyclic) bond motifs is 3. The Morgan fingerprint density at radius 2 is 1.91 bits per heavy atom. The summed E-state index contributed by atoms with van der Waals surface area (Å²) in [5.41, 5.74) is 1.68. The maximum Gasteiger partial charge on any atom is 0.573 e. The number of para-hydroxylation sites is 1. The van der Waals surface area contributed by atoms with Crippen molar-refractivity contribution in [2.45, 2.75) is 18.1 Å². The van der Waals surface area contributed by atoms with Gasteiger partial charge in [-0.1, -0.05) is 30.0 Å². The van der Waals surface area contributed by atoms with Crippen molar-refractivity contribution in [1.29, 1.82) is 0 Å². The second-order valence-electron chi connectivity index (χ2n) is 7.15. The number of anilines is 1. The van der Waals surface area contributed by atoms with Crippen LogP contribution in [0.25, 0.3) is 21.9 Å². The first-order chi connectivity index (χ1) is 16.2. The molecule has 0 spiro atoms. The third-order valence-corrected chi connectivity index (χ3v) is 5.78. The summed E-state index contributed by atoms with van der Waals surface area (Å²) < 4.78 is 47.2. The van der Waals surface area contributed by atoms with Gasteiger partial charge in [0.05, 0.1) is 18.9 Å². The Bertz CT molecular complexity index is 1380. The minimum Gasteiger partial charge on any atom is -0.406 e. The Kier molecular flexibility index (Phi) is 6.80. The molecule has 4 rings (SSSR count). The second-order valence-corrected chi connectivity index (χ2v) is 8.09. The molecule has 4 aromatic rings. The summed E-state index contributed by atoms with van der Waals surface area (Å²) in [6.07, 6.45) is -4.79. The van der Waals surface area contributed by atoms with Crippen LogP contribution in [0.3, 0.4) is 0 Å². The van der Waals surface area contributed by atoms with Gasteiger partial charge in [0.25, 0.3) is 5.56 Å². The topological polar surface area (TPSA) is 98.2 Å². The number of carbonyl (C=O) groups excluding carboxylic acids is 1. The number of hydrogen-bond donors (Lipinski definition) is 2. The molecule has 2 N–H and O–H groups in total. The molecular formula is C22H19F3N4O4S. The van der Waals surface area contributed by atoms with Crippen molar-refractivity contribution in [3.8, 4) is 5.75 Å². The SMILES string of the molecule is COCCn1c(SCC(=O)Nc2ccc(OC(F)(F)F)cc2)nc2c([nH]c3ccccc32)c1=O. The minimum absolute atomic E-state index is 0.0753. The van der Waals surface area contributed by atoms with Crippen LogP contribution in [-0.4, -0.2) is 46.3 Å². The number of halogens is 3. The highest BCUT2D eigenvalue weighted by molar-refractivity contribution is 7.99. The number of hydrogen-bond acceptors (Lipinski definition) is 6. The molecule has 0 saturated heterocycles. The number of nitrogens with zero attached hydrogens (tertiary/aromatic N) is 2. The summed E-state index contributed by atoms with van der Waals surface area (Å²) in [6, 6.07) is 12.2. The van der Waals surface area contributed by atoms with Crippen LogP contribution < -0.4 is 15.6 Å². The van der Waals surface area contributed by atoms with Gasteiger partial charge in [0.15, 0.2) is 5.16 Å². The number of nitrogens with one attached hydrogen (secondary N) is 2. The molecule has 8 nitrogen and oxygen atoms in total. The van der Waals surface area contributed by atoms with Crippen LogP contribution in [-0.2, 0) is 16.1 Å². The number of ether oxygens (including phenoxy) is 2. The molecule has 0 atom stereocenters. The van der Waals surface area contributed by atoms with Gasteiger partial charge in [-0.05, 0) is 30.3 Å². The van der Waals surface area contributed by atoms with Gasteiger partial charge in [0.1, 0.15) is 16.8 Å². The molecule has 0 bridgehead atoms. The number of aromatic amines is 1. The highest BCUT2D eigenvalue weighted by Gasteiger charge is 2.31. The van der Waals surface area contributed by atoms with E-state index in [1.165, 1.54) is 23.8 Å². The molecule has 0 aliphatic carbocycles. The van der Waals surface area contributed by atoms with Gasteiger partial charge in [0, 0.05) is 23.7 Å². The van der Waals surface area contributed by atoms with E-state index in [4.69, 9.17) is 4.74 Å². The first kappa shape index (κ1) is 23.6. The van der Waals surface area contributed by atoms with E-state index in [-0.39, 0.29) is 24.5 Å². The van der Waals surface area contributed by atoms with Crippen molar-refractivity contribution < 1.29 is 27.4 Å². The normalized spacial score (nSPS) is 11.8. The number of aromatic nitrogens is 3. The van der Waals surface area contributed by atoms with E-state index in [9.17, 15) is 22.8 Å². The summed E-state index contributed by atoms with van der Waals surface area (Å²) in [5, 5.41) is 3.74. The van der Waals surface area contributed by atoms with Crippen LogP contribution in [0.2, 0.25) is 0 Å². The molecule has 2 heterocycles. The van der Waals surface area contributed by atoms with Gasteiger partial charge >= 0.3 is 6.36 Å². The quantitative estimate of drug-likeness (QED) is 0.283. The van der Waals surface area contributed by atoms with Crippen molar-refractivity contribution in [1.82, 2.24) is 14.5 Å². The van der Waals surface area contributed by atoms with Gasteiger partial charge in [-0.2, -0.15) is 0 Å². The van der Waals surface area contributed by atoms with E-state index in [0.717, 1.165) is 34.8 Å². The average Bonchev–Trinajstić information content (AvgIpc) is 3.16. The van der Waals surface area contributed by atoms with Gasteiger partial charge in [-0.3, -0.25) is 14.2 Å². The lowest BCUT2D eigenvalue weighted by Crippen LogP contribution is -2.26. The van der Waals surface area contributed by atoms with Crippen LogP contribution in [0.1, 0.15) is 0 Å². The Morgan fingerprint density at radius 1 is 1.18 bits per heavy atom. The number of carbonyl (C=O) groups is 1. The smallest absolute Gasteiger partial charge is 0.406 e. The number of benzene rings is 2. The first-order valence-electron chi connectivity index (χ1n) is 10.0. The van der Waals surface area contributed by atoms with Gasteiger partial charge < -0.3 is 19.8 Å². The van der Waals surface area contributed by atoms with Crippen LogP contribution in [0, 0.1) is 0 Å². The summed E-state index contributed by atoms with van der Waals surface area (Å²) in [7, 11) is 1.52. The molecule has 2 aromatic heterocycles. The molecule has 0 radical (unpaired) electrons. The van der Waals surface area contributed by atoms with Gasteiger partial charge in [-0.25, -0.2) is 4.98 Å². The standard InChI is InChI=1S/C22H19F3N4O4S/c1-32-11-10-29-20(31)19-18(15-4-2-3-5-16(15)27-19)28-21(29)34-12-17(30)26-13-6-8-14(9-7-13)33-22(23,24)25/h2-9,27H,10-12H2,1H3,(H,26,30). The predicted molar refractivity (Wildman–Crippen MR) is 122 cm³/mol. The zero-order chi connectivity index (χ0) is 24.3. The number of methoxy groups -OCH3 is 1. The maximum absolute atomic E-state index is 13.1. The largest absolute Gasteiger partial charge is 0.573 e. The number of alkyl halides is 3. The molecule has 0 unspecified atom stereocenters. The van der Waals surface area contributed by atoms with Gasteiger partial charge in [0.2, 0.25) is 5.91 Å². The van der Waals surface area contributed by atoms with Crippen LogP contribution in [0.15, 0.2) is 58.5 Å². The Morgan fingerprint density at radius 3 is 2.62 bits per heavy atom. The lowest BCUT2D eigenvalue weighted by molar-refractivity contribution is -0.274. The highest BCUT2D eigenvalue weighted by atomic mass is 32.2. The number of thioether (sulfide) groups is 1. The van der Waals surface area contributed by atoms with E-state index < -0.39 is 18.0 Å². The van der Waals surface area contributed by atoms with Crippen molar-refractivity contribution in [3.63, 3.8) is 0 Å². The summed E-state index contributed by atoms with van der Waals surface area (Å²) in [6.45, 7) is 0.525. The van der Waals surface area contributed by atoms with E-state index in [1.54, 1.807) is 0 Å². The first-order valence-corrected chi connectivity index (χ1v) is 11.0. The van der Waals surface area contributed by atoms with Crippen LogP contribution in [0.4, 0.5) is 18.9 Å². The Labute approximate surface area is 195 Å². The molecule has 0 aliphatic heterocycles. The zero-order valence-corrected chi connectivity index (χ0v) is 18.6. The molecule has 0 saturated carbocycles. The molecule has 0 aliphatic rings. The van der Waals surface area contributed by atoms with Crippen molar-refractivity contribution in [2.24, 2.45) is 0 Å². The van der Waals surface area contributed by atoms with E-state index in [0.29, 0.717) is 21.9 Å². The van der Waals surface area contributed by atoms with Crippen LogP contribution in [0.5, 0.6) is 5.75 Å². The van der Waals surface area contributed by atoms with E-state index in [2.05, 4.69) is 20.0 Å². The second kappa shape index (κ2) is 9.77. The summed E-state index contributed by atoms with van der Waals surface area (Å²) in [5.74, 6) is -0.881. The van der Waals surface area contributed by atoms with Crippen molar-refractivity contribution in [2.75, 3.05) is 24.8 Å². The number of H-pyrrole nitrogens is 1. The Hall–Kier alpha value is -3.51. The number of rotatable bonds is 8. The van der Waals surface area contributed by atoms with Gasteiger partial charge in [-0.15, -0.1) is 13.2 Å². The monoisotopic (exact) mass is 492 g/mol. The number of amides is 1. The molecule has 12 heteroatoms. The molecule has 0 fully saturated rings. The lowest BCUT2D eigenvalue weighted by atomic mass is 10.2. The fourth-order valence-electron chi connectivity index (χ4n) is 3.33. The molecule has 1 amide bonds. The van der Waals surface area contributed by atoms with Crippen molar-refractivity contribution >= 4 is 45.3 Å². The predicted octanol–water partition coefficient (Wildman–Crippen LogP) is 4.15. The third-order valence-electron chi connectivity index (χ3n) is 4.80. The maximum atomic E-state index is 13.1. The van der Waals surface area contributed by atoms with Crippen molar-refractivity contribution in [3.05, 3.63) is 58.9 Å². The summed E-state index contributed by atoms with van der Waals surface area (Å²) in [4.78, 5) is 33.3. The molecule has 178 valence electrons. The molecule has 34 heavy (non-hydrogen) atoms. The van der Waals surface area contributed by atoms with E-state index >= 15 is 0 Å². The fourth-order valence-corrected chi connectivity index (χ4v) is 4.15. The zero-order valence-electron chi connectivity index (χ0n) is 17.8. The highest BCUT2D eigenvalue weighted by Crippen LogP contribution is 2.26. The minimum atomic E-state index is -4.79. The van der Waals surface area contributed by atoms with Crippen LogP contribution >= 0.6 is 11.8 Å². The lowest BCUT2D eigenvalue weighted by Gasteiger charge is -2.12.